The second-order valence-corrected chi connectivity index (χ2v) is 3.95. The summed E-state index contributed by atoms with van der Waals surface area (Å²) in [5, 5.41) is 1.02. The molecule has 0 aliphatic carbocycles. The van der Waals surface area contributed by atoms with E-state index in [9.17, 15) is 4.79 Å². The lowest BCUT2D eigenvalue weighted by atomic mass is 10.2. The van der Waals surface area contributed by atoms with Crippen LogP contribution >= 0.6 is 22.6 Å². The molecule has 0 amide bonds. The molecular formula is C9H7IN2O. The van der Waals surface area contributed by atoms with E-state index < -0.39 is 0 Å². The van der Waals surface area contributed by atoms with Gasteiger partial charge in [-0.15, -0.1) is 0 Å². The largest absolute Gasteiger partial charge is 0.399 e. The average Bonchev–Trinajstić information content (AvgIpc) is 2.02. The van der Waals surface area contributed by atoms with Crippen LogP contribution in [0.5, 0.6) is 0 Å². The van der Waals surface area contributed by atoms with Gasteiger partial charge in [0.05, 0.1) is 5.52 Å². The van der Waals surface area contributed by atoms with Crippen LogP contribution < -0.4 is 11.3 Å². The number of fused-ring (bicyclic) bond motifs is 1. The normalized spacial score (nSPS) is 10.5. The number of aromatic nitrogens is 1. The van der Waals surface area contributed by atoms with Crippen molar-refractivity contribution in [3.63, 3.8) is 0 Å². The molecule has 2 rings (SSSR count). The summed E-state index contributed by atoms with van der Waals surface area (Å²) >= 11 is 2.19. The zero-order valence-corrected chi connectivity index (χ0v) is 8.83. The molecule has 2 aromatic rings. The molecule has 1 aromatic heterocycles. The molecule has 0 saturated heterocycles. The Balaban J connectivity index is 2.94. The highest BCUT2D eigenvalue weighted by Gasteiger charge is 1.99. The van der Waals surface area contributed by atoms with Crippen LogP contribution in [0.25, 0.3) is 10.9 Å². The molecule has 1 heterocycles. The van der Waals surface area contributed by atoms with Crippen molar-refractivity contribution in [2.75, 3.05) is 5.73 Å². The lowest BCUT2D eigenvalue weighted by molar-refractivity contribution is 1.31. The Bertz CT molecular complexity index is 518. The van der Waals surface area contributed by atoms with E-state index in [2.05, 4.69) is 27.6 Å². The van der Waals surface area contributed by atoms with Crippen molar-refractivity contribution in [3.8, 4) is 0 Å². The molecule has 66 valence electrons. The maximum atomic E-state index is 11.0. The summed E-state index contributed by atoms with van der Waals surface area (Å²) in [6.07, 6.45) is 0. The Morgan fingerprint density at radius 1 is 1.31 bits per heavy atom. The Kier molecular flexibility index (Phi) is 1.99. The number of halogens is 1. The molecule has 0 saturated carbocycles. The van der Waals surface area contributed by atoms with Crippen LogP contribution in [0.1, 0.15) is 0 Å². The van der Waals surface area contributed by atoms with Crippen LogP contribution in [-0.4, -0.2) is 4.98 Å². The molecule has 0 bridgehead atoms. The second kappa shape index (κ2) is 3.02. The fraction of sp³-hybridized carbons (Fsp3) is 0. The number of aromatic amines is 1. The first-order chi connectivity index (χ1) is 6.16. The minimum atomic E-state index is -0.103. The number of rotatable bonds is 0. The van der Waals surface area contributed by atoms with Crippen molar-refractivity contribution in [3.05, 3.63) is 38.2 Å². The Hall–Kier alpha value is -1.04. The number of H-pyrrole nitrogens is 1. The standard InChI is InChI=1S/C9H7IN2O/c10-7-3-5(11)4-8-6(7)1-2-9(13)12-8/h1-4H,11H2,(H,12,13). The minimum Gasteiger partial charge on any atom is -0.399 e. The number of hydrogen-bond donors (Lipinski definition) is 2. The molecule has 0 fully saturated rings. The van der Waals surface area contributed by atoms with Gasteiger partial charge in [0, 0.05) is 20.7 Å². The molecule has 4 heteroatoms. The van der Waals surface area contributed by atoms with E-state index in [4.69, 9.17) is 5.73 Å². The van der Waals surface area contributed by atoms with Gasteiger partial charge >= 0.3 is 0 Å². The molecule has 3 nitrogen and oxygen atoms in total. The number of nitrogens with two attached hydrogens (primary N) is 1. The van der Waals surface area contributed by atoms with Crippen molar-refractivity contribution < 1.29 is 0 Å². The van der Waals surface area contributed by atoms with Gasteiger partial charge in [-0.05, 0) is 40.8 Å². The highest BCUT2D eigenvalue weighted by Crippen LogP contribution is 2.20. The van der Waals surface area contributed by atoms with Crippen molar-refractivity contribution in [2.24, 2.45) is 0 Å². The van der Waals surface area contributed by atoms with Gasteiger partial charge in [-0.25, -0.2) is 0 Å². The van der Waals surface area contributed by atoms with E-state index in [1.165, 1.54) is 6.07 Å². The molecule has 0 aliphatic rings. The van der Waals surface area contributed by atoms with Crippen LogP contribution in [0, 0.1) is 3.57 Å². The highest BCUT2D eigenvalue weighted by molar-refractivity contribution is 14.1. The number of pyridine rings is 1. The second-order valence-electron chi connectivity index (χ2n) is 2.79. The van der Waals surface area contributed by atoms with E-state index in [1.54, 1.807) is 12.1 Å². The van der Waals surface area contributed by atoms with Gasteiger partial charge in [-0.1, -0.05) is 0 Å². The van der Waals surface area contributed by atoms with E-state index in [-0.39, 0.29) is 5.56 Å². The van der Waals surface area contributed by atoms with E-state index in [0.29, 0.717) is 5.69 Å². The molecule has 0 radical (unpaired) electrons. The predicted octanol–water partition coefficient (Wildman–Crippen LogP) is 1.71. The van der Waals surface area contributed by atoms with Gasteiger partial charge in [-0.2, -0.15) is 0 Å². The Morgan fingerprint density at radius 3 is 2.85 bits per heavy atom. The Morgan fingerprint density at radius 2 is 2.08 bits per heavy atom. The maximum absolute atomic E-state index is 11.0. The lowest BCUT2D eigenvalue weighted by Gasteiger charge is -2.01. The third-order valence-electron chi connectivity index (χ3n) is 1.81. The number of nitrogen functional groups attached to an aromatic ring is 1. The fourth-order valence-electron chi connectivity index (χ4n) is 1.25. The zero-order chi connectivity index (χ0) is 9.42. The molecule has 13 heavy (non-hydrogen) atoms. The van der Waals surface area contributed by atoms with Crippen molar-refractivity contribution in [2.45, 2.75) is 0 Å². The first-order valence-corrected chi connectivity index (χ1v) is 4.83. The predicted molar refractivity (Wildman–Crippen MR) is 61.7 cm³/mol. The van der Waals surface area contributed by atoms with Crippen molar-refractivity contribution in [1.29, 1.82) is 0 Å². The van der Waals surface area contributed by atoms with Crippen LogP contribution in [-0.2, 0) is 0 Å². The maximum Gasteiger partial charge on any atom is 0.248 e. The summed E-state index contributed by atoms with van der Waals surface area (Å²) < 4.78 is 1.05. The molecule has 0 aliphatic heterocycles. The van der Waals surface area contributed by atoms with Gasteiger partial charge in [0.2, 0.25) is 5.56 Å². The molecule has 1 aromatic carbocycles. The van der Waals surface area contributed by atoms with Gasteiger partial charge < -0.3 is 10.7 Å². The zero-order valence-electron chi connectivity index (χ0n) is 6.67. The smallest absolute Gasteiger partial charge is 0.248 e. The molecule has 0 unspecified atom stereocenters. The third-order valence-corrected chi connectivity index (χ3v) is 2.70. The number of hydrogen-bond acceptors (Lipinski definition) is 2. The number of nitrogens with one attached hydrogen (secondary N) is 1. The summed E-state index contributed by atoms with van der Waals surface area (Å²) in [6.45, 7) is 0. The quantitative estimate of drug-likeness (QED) is 0.572. The molecule has 0 spiro atoms. The van der Waals surface area contributed by atoms with Crippen molar-refractivity contribution >= 4 is 39.2 Å². The van der Waals surface area contributed by atoms with E-state index >= 15 is 0 Å². The van der Waals surface area contributed by atoms with Crippen LogP contribution in [0.4, 0.5) is 5.69 Å². The van der Waals surface area contributed by atoms with Crippen LogP contribution in [0.15, 0.2) is 29.1 Å². The van der Waals surface area contributed by atoms with Gasteiger partial charge in [-0.3, -0.25) is 4.79 Å². The molecular weight excluding hydrogens is 279 g/mol. The van der Waals surface area contributed by atoms with Gasteiger partial charge in [0.25, 0.3) is 0 Å². The monoisotopic (exact) mass is 286 g/mol. The van der Waals surface area contributed by atoms with Crippen LogP contribution in [0.3, 0.4) is 0 Å². The van der Waals surface area contributed by atoms with E-state index in [0.717, 1.165) is 14.5 Å². The topological polar surface area (TPSA) is 58.9 Å². The Labute approximate surface area is 88.1 Å². The van der Waals surface area contributed by atoms with Gasteiger partial charge in [0.15, 0.2) is 0 Å². The van der Waals surface area contributed by atoms with E-state index in [1.807, 2.05) is 6.07 Å². The average molecular weight is 286 g/mol. The molecule has 0 atom stereocenters. The van der Waals surface area contributed by atoms with Crippen molar-refractivity contribution in [1.82, 2.24) is 4.98 Å². The minimum absolute atomic E-state index is 0.103. The van der Waals surface area contributed by atoms with Crippen LogP contribution in [0.2, 0.25) is 0 Å². The SMILES string of the molecule is Nc1cc(I)c2ccc(=O)[nH]c2c1. The first kappa shape index (κ1) is 8.55. The summed E-state index contributed by atoms with van der Waals surface area (Å²) in [6, 6.07) is 6.95. The van der Waals surface area contributed by atoms with Gasteiger partial charge in [0.1, 0.15) is 0 Å². The number of benzene rings is 1. The third kappa shape index (κ3) is 1.53. The summed E-state index contributed by atoms with van der Waals surface area (Å²) in [5.74, 6) is 0. The summed E-state index contributed by atoms with van der Waals surface area (Å²) in [7, 11) is 0. The summed E-state index contributed by atoms with van der Waals surface area (Å²) in [5.41, 5.74) is 7.00. The lowest BCUT2D eigenvalue weighted by Crippen LogP contribution is -2.03. The highest BCUT2D eigenvalue weighted by atomic mass is 127. The fourth-order valence-corrected chi connectivity index (χ4v) is 2.07. The molecule has 3 N–H and O–H groups in total. The first-order valence-electron chi connectivity index (χ1n) is 3.75. The number of anilines is 1. The summed E-state index contributed by atoms with van der Waals surface area (Å²) in [4.78, 5) is 13.7.